The summed E-state index contributed by atoms with van der Waals surface area (Å²) in [5.41, 5.74) is 0. The molecule has 0 aromatic rings. The van der Waals surface area contributed by atoms with Gasteiger partial charge in [0, 0.05) is 32.8 Å². The van der Waals surface area contributed by atoms with Crippen molar-refractivity contribution in [2.45, 2.75) is 46.0 Å². The highest BCUT2D eigenvalue weighted by atomic mass is 16.5. The third-order valence-electron chi connectivity index (χ3n) is 3.77. The van der Waals surface area contributed by atoms with Gasteiger partial charge in [0.1, 0.15) is 0 Å². The molecule has 1 saturated heterocycles. The predicted octanol–water partition coefficient (Wildman–Crippen LogP) is 2.51. The number of nitrogens with one attached hydrogen (secondary N) is 1. The first-order valence-corrected chi connectivity index (χ1v) is 7.87. The fourth-order valence-electron chi connectivity index (χ4n) is 2.72. The van der Waals surface area contributed by atoms with Crippen LogP contribution >= 0.6 is 0 Å². The van der Waals surface area contributed by atoms with Crippen LogP contribution in [0.4, 0.5) is 0 Å². The van der Waals surface area contributed by atoms with E-state index in [1.54, 1.807) is 0 Å². The summed E-state index contributed by atoms with van der Waals surface area (Å²) < 4.78 is 5.32. The van der Waals surface area contributed by atoms with E-state index in [2.05, 4.69) is 24.1 Å². The zero-order chi connectivity index (χ0) is 13.1. The van der Waals surface area contributed by atoms with Crippen LogP contribution in [0, 0.1) is 5.92 Å². The van der Waals surface area contributed by atoms with Gasteiger partial charge in [0.05, 0.1) is 0 Å². The molecule has 1 fully saturated rings. The van der Waals surface area contributed by atoms with Gasteiger partial charge in [0.15, 0.2) is 0 Å². The number of ether oxygens (including phenoxy) is 1. The van der Waals surface area contributed by atoms with E-state index in [0.717, 1.165) is 32.2 Å². The first-order chi connectivity index (χ1) is 8.86. The van der Waals surface area contributed by atoms with Gasteiger partial charge < -0.3 is 15.0 Å². The molecular weight excluding hydrogens is 224 g/mol. The lowest BCUT2D eigenvalue weighted by atomic mass is 10.0. The first kappa shape index (κ1) is 15.9. The fourth-order valence-corrected chi connectivity index (χ4v) is 2.72. The highest BCUT2D eigenvalue weighted by molar-refractivity contribution is 4.75. The van der Waals surface area contributed by atoms with Crippen LogP contribution in [0.25, 0.3) is 0 Å². The van der Waals surface area contributed by atoms with Gasteiger partial charge in [-0.2, -0.15) is 0 Å². The van der Waals surface area contributed by atoms with E-state index in [4.69, 9.17) is 4.74 Å². The molecule has 18 heavy (non-hydrogen) atoms. The maximum Gasteiger partial charge on any atom is 0.0466 e. The van der Waals surface area contributed by atoms with E-state index in [9.17, 15) is 0 Å². The normalized spacial score (nSPS) is 20.7. The van der Waals surface area contributed by atoms with E-state index in [1.807, 2.05) is 0 Å². The molecule has 0 saturated carbocycles. The van der Waals surface area contributed by atoms with Crippen LogP contribution in [0.1, 0.15) is 46.0 Å². The standard InChI is InChI=1S/C15H32N2O/c1-3-7-15-8-11-17(14-15)12-10-16-9-5-6-13-18-4-2/h15-16H,3-14H2,1-2H3. The number of hydrogen-bond acceptors (Lipinski definition) is 3. The molecule has 1 N–H and O–H groups in total. The molecular formula is C15H32N2O. The van der Waals surface area contributed by atoms with Crippen molar-refractivity contribution in [2.75, 3.05) is 45.9 Å². The van der Waals surface area contributed by atoms with Gasteiger partial charge >= 0.3 is 0 Å². The van der Waals surface area contributed by atoms with Gasteiger partial charge in [0.25, 0.3) is 0 Å². The van der Waals surface area contributed by atoms with Gasteiger partial charge in [-0.15, -0.1) is 0 Å². The molecule has 0 aliphatic carbocycles. The van der Waals surface area contributed by atoms with Crippen LogP contribution in [0.2, 0.25) is 0 Å². The minimum atomic E-state index is 0.849. The van der Waals surface area contributed by atoms with Crippen LogP contribution in [-0.4, -0.2) is 50.8 Å². The zero-order valence-corrected chi connectivity index (χ0v) is 12.4. The van der Waals surface area contributed by atoms with Crippen LogP contribution in [0.5, 0.6) is 0 Å². The minimum Gasteiger partial charge on any atom is -0.382 e. The molecule has 1 aliphatic heterocycles. The van der Waals surface area contributed by atoms with Crippen molar-refractivity contribution in [3.63, 3.8) is 0 Å². The Balaban J connectivity index is 1.84. The predicted molar refractivity (Wildman–Crippen MR) is 78.1 cm³/mol. The van der Waals surface area contributed by atoms with Crippen molar-refractivity contribution in [1.29, 1.82) is 0 Å². The average molecular weight is 256 g/mol. The number of rotatable bonds is 11. The quantitative estimate of drug-likeness (QED) is 0.575. The van der Waals surface area contributed by atoms with Crippen molar-refractivity contribution < 1.29 is 4.74 Å². The second kappa shape index (κ2) is 10.8. The average Bonchev–Trinajstić information content (AvgIpc) is 2.81. The van der Waals surface area contributed by atoms with Crippen LogP contribution in [0.3, 0.4) is 0 Å². The molecule has 1 atom stereocenters. The van der Waals surface area contributed by atoms with Gasteiger partial charge in [-0.25, -0.2) is 0 Å². The molecule has 0 aromatic heterocycles. The molecule has 1 heterocycles. The topological polar surface area (TPSA) is 24.5 Å². The highest BCUT2D eigenvalue weighted by Crippen LogP contribution is 2.19. The lowest BCUT2D eigenvalue weighted by Crippen LogP contribution is -2.31. The summed E-state index contributed by atoms with van der Waals surface area (Å²) in [5.74, 6) is 0.973. The summed E-state index contributed by atoms with van der Waals surface area (Å²) >= 11 is 0. The SMILES string of the molecule is CCCC1CCN(CCNCCCCOCC)C1. The Kier molecular flexibility index (Phi) is 9.54. The number of nitrogens with zero attached hydrogens (tertiary/aromatic N) is 1. The summed E-state index contributed by atoms with van der Waals surface area (Å²) in [4.78, 5) is 2.62. The Morgan fingerprint density at radius 2 is 2.11 bits per heavy atom. The first-order valence-electron chi connectivity index (χ1n) is 7.87. The van der Waals surface area contributed by atoms with E-state index >= 15 is 0 Å². The number of likely N-dealkylation sites (tertiary alicyclic amines) is 1. The Labute approximate surface area is 113 Å². The molecule has 0 radical (unpaired) electrons. The Bertz CT molecular complexity index is 187. The molecule has 0 bridgehead atoms. The van der Waals surface area contributed by atoms with Crippen molar-refractivity contribution >= 4 is 0 Å². The van der Waals surface area contributed by atoms with E-state index in [-0.39, 0.29) is 0 Å². The molecule has 0 aromatic carbocycles. The lowest BCUT2D eigenvalue weighted by Gasteiger charge is -2.16. The number of hydrogen-bond donors (Lipinski definition) is 1. The second-order valence-electron chi connectivity index (χ2n) is 5.40. The zero-order valence-electron chi connectivity index (χ0n) is 12.4. The van der Waals surface area contributed by atoms with Crippen molar-refractivity contribution in [3.05, 3.63) is 0 Å². The maximum atomic E-state index is 5.32. The number of unbranched alkanes of at least 4 members (excludes halogenated alkanes) is 1. The largest absolute Gasteiger partial charge is 0.382 e. The fraction of sp³-hybridized carbons (Fsp3) is 1.00. The second-order valence-corrected chi connectivity index (χ2v) is 5.40. The van der Waals surface area contributed by atoms with E-state index in [0.29, 0.717) is 0 Å². The van der Waals surface area contributed by atoms with Crippen molar-refractivity contribution in [2.24, 2.45) is 5.92 Å². The molecule has 3 heteroatoms. The molecule has 0 spiro atoms. The highest BCUT2D eigenvalue weighted by Gasteiger charge is 2.20. The molecule has 1 rings (SSSR count). The summed E-state index contributed by atoms with van der Waals surface area (Å²) in [7, 11) is 0. The van der Waals surface area contributed by atoms with E-state index < -0.39 is 0 Å². The summed E-state index contributed by atoms with van der Waals surface area (Å²) in [6, 6.07) is 0. The molecule has 0 amide bonds. The lowest BCUT2D eigenvalue weighted by molar-refractivity contribution is 0.143. The molecule has 1 unspecified atom stereocenters. The van der Waals surface area contributed by atoms with E-state index in [1.165, 1.54) is 51.7 Å². The smallest absolute Gasteiger partial charge is 0.0466 e. The maximum absolute atomic E-state index is 5.32. The summed E-state index contributed by atoms with van der Waals surface area (Å²) in [6.45, 7) is 12.3. The monoisotopic (exact) mass is 256 g/mol. The summed E-state index contributed by atoms with van der Waals surface area (Å²) in [6.07, 6.45) is 6.60. The van der Waals surface area contributed by atoms with Gasteiger partial charge in [-0.05, 0) is 51.6 Å². The Morgan fingerprint density at radius 3 is 2.89 bits per heavy atom. The van der Waals surface area contributed by atoms with Gasteiger partial charge in [-0.1, -0.05) is 13.3 Å². The molecule has 1 aliphatic rings. The van der Waals surface area contributed by atoms with Crippen LogP contribution in [-0.2, 0) is 4.74 Å². The van der Waals surface area contributed by atoms with Gasteiger partial charge in [-0.3, -0.25) is 0 Å². The molecule has 3 nitrogen and oxygen atoms in total. The Hall–Kier alpha value is -0.120. The Morgan fingerprint density at radius 1 is 1.22 bits per heavy atom. The van der Waals surface area contributed by atoms with Gasteiger partial charge in [0.2, 0.25) is 0 Å². The third-order valence-corrected chi connectivity index (χ3v) is 3.77. The van der Waals surface area contributed by atoms with Crippen LogP contribution in [0.15, 0.2) is 0 Å². The minimum absolute atomic E-state index is 0.849. The van der Waals surface area contributed by atoms with Crippen LogP contribution < -0.4 is 5.32 Å². The van der Waals surface area contributed by atoms with Crippen molar-refractivity contribution in [1.82, 2.24) is 10.2 Å². The third kappa shape index (κ3) is 7.34. The molecule has 108 valence electrons. The summed E-state index contributed by atoms with van der Waals surface area (Å²) in [5, 5.41) is 3.54. The van der Waals surface area contributed by atoms with Crippen molar-refractivity contribution in [3.8, 4) is 0 Å².